The van der Waals surface area contributed by atoms with E-state index in [1.807, 2.05) is 48.5 Å². The molecule has 3 rings (SSSR count). The van der Waals surface area contributed by atoms with Gasteiger partial charge in [-0.3, -0.25) is 0 Å². The van der Waals surface area contributed by atoms with Crippen LogP contribution in [0.15, 0.2) is 53.0 Å². The van der Waals surface area contributed by atoms with E-state index in [0.717, 1.165) is 9.99 Å². The van der Waals surface area contributed by atoms with E-state index in [4.69, 9.17) is 0 Å². The molecule has 100 valence electrons. The van der Waals surface area contributed by atoms with Crippen LogP contribution in [0.2, 0.25) is 0 Å². The fraction of sp³-hybridized carbons (Fsp3) is 0.0667. The Bertz CT molecular complexity index is 804. The molecule has 3 aromatic rings. The van der Waals surface area contributed by atoms with E-state index in [0.29, 0.717) is 11.1 Å². The third-order valence-corrected chi connectivity index (χ3v) is 3.78. The van der Waals surface area contributed by atoms with Crippen LogP contribution < -0.4 is 9.13 Å². The average Bonchev–Trinajstić information content (AvgIpc) is 2.46. The molecule has 5 heteroatoms. The van der Waals surface area contributed by atoms with Gasteiger partial charge in [0.1, 0.15) is 7.05 Å². The van der Waals surface area contributed by atoms with E-state index in [-0.39, 0.29) is 11.9 Å². The van der Waals surface area contributed by atoms with Crippen molar-refractivity contribution in [3.8, 4) is 17.6 Å². The molecule has 1 heterocycles. The predicted molar refractivity (Wildman–Crippen MR) is 77.7 cm³/mol. The van der Waals surface area contributed by atoms with E-state index in [1.54, 1.807) is 11.6 Å². The first-order chi connectivity index (χ1) is 9.59. The zero-order valence-corrected chi connectivity index (χ0v) is 12.4. The first-order valence-electron chi connectivity index (χ1n) is 6.10. The van der Waals surface area contributed by atoms with Gasteiger partial charge in [0, 0.05) is 22.7 Å². The molecule has 2 aromatic carbocycles. The first kappa shape index (κ1) is 12.9. The van der Waals surface area contributed by atoms with Gasteiger partial charge in [-0.2, -0.15) is 0 Å². The zero-order chi connectivity index (χ0) is 14.3. The summed E-state index contributed by atoms with van der Waals surface area (Å²) in [7, 11) is 1.75. The number of aryl methyl sites for hydroxylation is 1. The van der Waals surface area contributed by atoms with Crippen molar-refractivity contribution in [3.63, 3.8) is 0 Å². The minimum Gasteiger partial charge on any atom is -0.459 e. The van der Waals surface area contributed by atoms with Gasteiger partial charge in [0.15, 0.2) is 5.39 Å². The normalized spacial score (nSPS) is 10.9. The molecule has 0 unspecified atom stereocenters. The Morgan fingerprint density at radius 2 is 1.70 bits per heavy atom. The van der Waals surface area contributed by atoms with Gasteiger partial charge in [0.05, 0.1) is 0 Å². The van der Waals surface area contributed by atoms with E-state index in [1.165, 1.54) is 4.57 Å². The van der Waals surface area contributed by atoms with Gasteiger partial charge in [-0.25, -0.2) is 0 Å². The smallest absolute Gasteiger partial charge is 0.459 e. The summed E-state index contributed by atoms with van der Waals surface area (Å²) in [6.07, 6.45) is 0. The number of nitrogens with zero attached hydrogens (tertiary/aromatic N) is 2. The van der Waals surface area contributed by atoms with Gasteiger partial charge in [-0.1, -0.05) is 34.1 Å². The zero-order valence-electron chi connectivity index (χ0n) is 10.8. The van der Waals surface area contributed by atoms with Gasteiger partial charge in [-0.15, -0.1) is 4.57 Å². The number of hydrogen-bond acceptors (Lipinski definition) is 2. The van der Waals surface area contributed by atoms with Crippen LogP contribution in [0.5, 0.6) is 11.9 Å². The molecule has 2 N–H and O–H groups in total. The van der Waals surface area contributed by atoms with Crippen molar-refractivity contribution < 1.29 is 19.3 Å². The summed E-state index contributed by atoms with van der Waals surface area (Å²) in [4.78, 5) is 0. The summed E-state index contributed by atoms with van der Waals surface area (Å²) in [5.41, 5.74) is 1.44. The monoisotopic (exact) mass is 332 g/mol. The number of hydrogen-bond donors (Lipinski definition) is 2. The predicted octanol–water partition coefficient (Wildman–Crippen LogP) is 2.11. The molecule has 0 bridgehead atoms. The minimum absolute atomic E-state index is 0.00287. The highest BCUT2D eigenvalue weighted by atomic mass is 79.9. The standard InChI is InChI=1S/C15H11BrN2O2/c1-17-13-8-7-10(16)9-12(13)14(19)18(15(17)20)11-5-3-2-4-6-11/h2-9H,1H3/p+2. The van der Waals surface area contributed by atoms with Gasteiger partial charge in [0.2, 0.25) is 11.2 Å². The van der Waals surface area contributed by atoms with Crippen molar-refractivity contribution in [2.24, 2.45) is 7.05 Å². The summed E-state index contributed by atoms with van der Waals surface area (Å²) in [5, 5.41) is 21.5. The molecule has 20 heavy (non-hydrogen) atoms. The maximum atomic E-state index is 10.5. The molecule has 0 spiro atoms. The van der Waals surface area contributed by atoms with Crippen LogP contribution in [0.1, 0.15) is 0 Å². The van der Waals surface area contributed by atoms with E-state index in [9.17, 15) is 10.2 Å². The average molecular weight is 333 g/mol. The molecule has 0 aliphatic heterocycles. The maximum absolute atomic E-state index is 10.5. The number of halogens is 1. The van der Waals surface area contributed by atoms with E-state index in [2.05, 4.69) is 15.9 Å². The number of aromatic nitrogens is 2. The lowest BCUT2D eigenvalue weighted by molar-refractivity contribution is -0.768. The minimum atomic E-state index is -0.0384. The molecule has 1 aromatic heterocycles. The van der Waals surface area contributed by atoms with E-state index < -0.39 is 0 Å². The summed E-state index contributed by atoms with van der Waals surface area (Å²) in [6.45, 7) is 0. The first-order valence-corrected chi connectivity index (χ1v) is 6.89. The quantitative estimate of drug-likeness (QED) is 0.670. The molecular formula is C15H13BrN2O2+2. The Hall–Kier alpha value is -2.14. The summed E-state index contributed by atoms with van der Waals surface area (Å²) < 4.78 is 3.91. The molecule has 0 aliphatic carbocycles. The van der Waals surface area contributed by atoms with Crippen molar-refractivity contribution in [1.29, 1.82) is 0 Å². The third-order valence-electron chi connectivity index (χ3n) is 3.29. The molecule has 0 amide bonds. The number of aromatic hydroxyl groups is 2. The largest absolute Gasteiger partial charge is 0.637 e. The highest BCUT2D eigenvalue weighted by Gasteiger charge is 2.33. The van der Waals surface area contributed by atoms with Crippen LogP contribution in [0.3, 0.4) is 0 Å². The van der Waals surface area contributed by atoms with Crippen molar-refractivity contribution in [3.05, 3.63) is 53.0 Å². The van der Waals surface area contributed by atoms with Crippen molar-refractivity contribution in [2.45, 2.75) is 0 Å². The van der Waals surface area contributed by atoms with Crippen LogP contribution in [-0.4, -0.2) is 10.2 Å². The molecule has 0 fully saturated rings. The van der Waals surface area contributed by atoms with Gasteiger partial charge in [-0.05, 0) is 16.7 Å². The molecular weight excluding hydrogens is 320 g/mol. The SMILES string of the molecule is C[n+]1c(O)[n+](-c2ccccc2)c(O)c2cc(Br)ccc21. The number of benzene rings is 2. The van der Waals surface area contributed by atoms with Crippen LogP contribution in [0.4, 0.5) is 0 Å². The fourth-order valence-electron chi connectivity index (χ4n) is 2.27. The van der Waals surface area contributed by atoms with Gasteiger partial charge >= 0.3 is 11.9 Å². The molecule has 4 nitrogen and oxygen atoms in total. The lowest BCUT2D eigenvalue weighted by Gasteiger charge is -2.02. The Balaban J connectivity index is 2.44. The number of para-hydroxylation sites is 1. The Morgan fingerprint density at radius 1 is 1.00 bits per heavy atom. The lowest BCUT2D eigenvalue weighted by Crippen LogP contribution is -2.44. The summed E-state index contributed by atoms with van der Waals surface area (Å²) in [6, 6.07) is 14.7. The highest BCUT2D eigenvalue weighted by molar-refractivity contribution is 9.10. The van der Waals surface area contributed by atoms with E-state index >= 15 is 0 Å². The van der Waals surface area contributed by atoms with Crippen LogP contribution in [-0.2, 0) is 7.05 Å². The Morgan fingerprint density at radius 3 is 2.40 bits per heavy atom. The van der Waals surface area contributed by atoms with Crippen molar-refractivity contribution in [1.82, 2.24) is 0 Å². The van der Waals surface area contributed by atoms with Gasteiger partial charge in [0.25, 0.3) is 0 Å². The summed E-state index contributed by atoms with van der Waals surface area (Å²) in [5.74, 6) is 0.00287. The molecule has 0 radical (unpaired) electrons. The second-order valence-electron chi connectivity index (χ2n) is 4.52. The third kappa shape index (κ3) is 1.91. The topological polar surface area (TPSA) is 48.2 Å². The maximum Gasteiger partial charge on any atom is 0.637 e. The van der Waals surface area contributed by atoms with Crippen molar-refractivity contribution >= 4 is 26.8 Å². The second-order valence-corrected chi connectivity index (χ2v) is 5.43. The van der Waals surface area contributed by atoms with Crippen molar-refractivity contribution in [2.75, 3.05) is 0 Å². The highest BCUT2D eigenvalue weighted by Crippen LogP contribution is 2.25. The summed E-state index contributed by atoms with van der Waals surface area (Å²) >= 11 is 3.40. The molecule has 0 atom stereocenters. The van der Waals surface area contributed by atoms with Gasteiger partial charge < -0.3 is 10.2 Å². The number of rotatable bonds is 1. The lowest BCUT2D eigenvalue weighted by atomic mass is 10.2. The second kappa shape index (κ2) is 4.76. The fourth-order valence-corrected chi connectivity index (χ4v) is 2.63. The molecule has 0 saturated carbocycles. The molecule has 0 saturated heterocycles. The van der Waals surface area contributed by atoms with Crippen LogP contribution in [0, 0.1) is 0 Å². The number of fused-ring (bicyclic) bond motifs is 1. The van der Waals surface area contributed by atoms with Crippen LogP contribution >= 0.6 is 15.9 Å². The Kier molecular flexibility index (Phi) is 3.06. The Labute approximate surface area is 124 Å². The van der Waals surface area contributed by atoms with Crippen LogP contribution in [0.25, 0.3) is 16.6 Å². The molecule has 0 aliphatic rings.